The monoisotopic (exact) mass is 210 g/mol. The van der Waals surface area contributed by atoms with Crippen molar-refractivity contribution >= 4 is 11.9 Å². The smallest absolute Gasteiger partial charge is 0.338 e. The van der Waals surface area contributed by atoms with E-state index in [0.717, 1.165) is 12.5 Å². The Labute approximate surface area is 89.2 Å². The van der Waals surface area contributed by atoms with Crippen molar-refractivity contribution in [2.24, 2.45) is 0 Å². The zero-order valence-corrected chi connectivity index (χ0v) is 8.53. The molecule has 15 heavy (non-hydrogen) atoms. The normalized spacial score (nSPS) is 7.47. The van der Waals surface area contributed by atoms with Crippen molar-refractivity contribution in [1.29, 1.82) is 0 Å². The summed E-state index contributed by atoms with van der Waals surface area (Å²) in [6.07, 6.45) is 1.72. The maximum Gasteiger partial charge on any atom is 0.338 e. The third kappa shape index (κ3) is 8.24. The number of carbonyl (C=O) groups is 2. The lowest BCUT2D eigenvalue weighted by atomic mass is 10.2. The number of carbonyl (C=O) groups excluding carboxylic acids is 2. The van der Waals surface area contributed by atoms with Gasteiger partial charge in [0.15, 0.2) is 0 Å². The van der Waals surface area contributed by atoms with Crippen molar-refractivity contribution in [2.45, 2.75) is 6.42 Å². The van der Waals surface area contributed by atoms with E-state index in [2.05, 4.69) is 42.4 Å². The topological polar surface area (TPSA) is 52.6 Å². The highest BCUT2D eigenvalue weighted by Crippen LogP contribution is 2.02. The first-order valence-electron chi connectivity index (χ1n) is 3.92. The molecule has 0 rings (SSSR count). The first kappa shape index (κ1) is 15.4. The summed E-state index contributed by atoms with van der Waals surface area (Å²) in [5.74, 6) is -1.31. The van der Waals surface area contributed by atoms with E-state index in [9.17, 15) is 9.59 Å². The third-order valence-corrected chi connectivity index (χ3v) is 1.05. The predicted molar refractivity (Wildman–Crippen MR) is 57.6 cm³/mol. The zero-order valence-electron chi connectivity index (χ0n) is 8.53. The lowest BCUT2D eigenvalue weighted by Crippen LogP contribution is -2.09. The SMILES string of the molecule is C=C.C=COC(=O)CC(=C)C(=O)OC=C. The van der Waals surface area contributed by atoms with Crippen molar-refractivity contribution in [3.63, 3.8) is 0 Å². The average molecular weight is 210 g/mol. The van der Waals surface area contributed by atoms with Crippen LogP contribution in [0.3, 0.4) is 0 Å². The molecular weight excluding hydrogens is 196 g/mol. The van der Waals surface area contributed by atoms with Gasteiger partial charge in [0.1, 0.15) is 0 Å². The molecule has 0 spiro atoms. The van der Waals surface area contributed by atoms with Crippen LogP contribution < -0.4 is 0 Å². The van der Waals surface area contributed by atoms with Gasteiger partial charge in [-0.05, 0) is 0 Å². The van der Waals surface area contributed by atoms with Gasteiger partial charge in [0.25, 0.3) is 0 Å². The summed E-state index contributed by atoms with van der Waals surface area (Å²) in [6.45, 7) is 15.7. The Kier molecular flexibility index (Phi) is 10.2. The van der Waals surface area contributed by atoms with Crippen LogP contribution in [0.5, 0.6) is 0 Å². The molecule has 0 aromatic rings. The van der Waals surface area contributed by atoms with E-state index in [-0.39, 0.29) is 12.0 Å². The molecule has 0 saturated heterocycles. The average Bonchev–Trinajstić information content (AvgIpc) is 2.21. The van der Waals surface area contributed by atoms with E-state index in [0.29, 0.717) is 0 Å². The minimum Gasteiger partial charge on any atom is -0.435 e. The van der Waals surface area contributed by atoms with Gasteiger partial charge in [0.2, 0.25) is 0 Å². The molecule has 82 valence electrons. The summed E-state index contributed by atoms with van der Waals surface area (Å²) in [7, 11) is 0. The van der Waals surface area contributed by atoms with Crippen molar-refractivity contribution in [3.8, 4) is 0 Å². The molecule has 0 bridgehead atoms. The summed E-state index contributed by atoms with van der Waals surface area (Å²) in [4.78, 5) is 21.6. The number of hydrogen-bond acceptors (Lipinski definition) is 4. The maximum absolute atomic E-state index is 10.9. The molecule has 0 aromatic heterocycles. The van der Waals surface area contributed by atoms with Crippen LogP contribution >= 0.6 is 0 Å². The molecule has 0 saturated carbocycles. The first-order valence-corrected chi connectivity index (χ1v) is 3.92. The Balaban J connectivity index is 0. The fourth-order valence-corrected chi connectivity index (χ4v) is 0.540. The van der Waals surface area contributed by atoms with Crippen LogP contribution in [0.2, 0.25) is 0 Å². The molecular formula is C11H14O4. The highest BCUT2D eigenvalue weighted by Gasteiger charge is 2.12. The van der Waals surface area contributed by atoms with Gasteiger partial charge in [-0.15, -0.1) is 13.2 Å². The van der Waals surface area contributed by atoms with E-state index in [1.54, 1.807) is 0 Å². The largest absolute Gasteiger partial charge is 0.435 e. The third-order valence-electron chi connectivity index (χ3n) is 1.05. The van der Waals surface area contributed by atoms with Crippen LogP contribution in [0.25, 0.3) is 0 Å². The summed E-state index contributed by atoms with van der Waals surface area (Å²) < 4.78 is 8.75. The second-order valence-corrected chi connectivity index (χ2v) is 2.01. The second-order valence-electron chi connectivity index (χ2n) is 2.01. The van der Waals surface area contributed by atoms with Gasteiger partial charge in [-0.2, -0.15) is 0 Å². The predicted octanol–water partition coefficient (Wildman–Crippen LogP) is 2.11. The van der Waals surface area contributed by atoms with Crippen LogP contribution in [0.4, 0.5) is 0 Å². The van der Waals surface area contributed by atoms with E-state index in [1.807, 2.05) is 0 Å². The fraction of sp³-hybridized carbons (Fsp3) is 0.0909. The van der Waals surface area contributed by atoms with Gasteiger partial charge in [-0.25, -0.2) is 4.79 Å². The molecule has 0 amide bonds. The molecule has 0 aliphatic carbocycles. The van der Waals surface area contributed by atoms with Crippen LogP contribution in [-0.2, 0) is 19.1 Å². The zero-order chi connectivity index (χ0) is 12.3. The van der Waals surface area contributed by atoms with Crippen LogP contribution in [-0.4, -0.2) is 11.9 Å². The summed E-state index contributed by atoms with van der Waals surface area (Å²) >= 11 is 0. The molecule has 0 radical (unpaired) electrons. The van der Waals surface area contributed by atoms with Gasteiger partial charge in [-0.1, -0.05) is 19.7 Å². The Morgan fingerprint density at radius 2 is 1.53 bits per heavy atom. The van der Waals surface area contributed by atoms with E-state index in [4.69, 9.17) is 0 Å². The van der Waals surface area contributed by atoms with Gasteiger partial charge >= 0.3 is 11.9 Å². The van der Waals surface area contributed by atoms with E-state index >= 15 is 0 Å². The van der Waals surface area contributed by atoms with Crippen molar-refractivity contribution in [3.05, 3.63) is 51.0 Å². The minimum absolute atomic E-state index is 0.00625. The Hall–Kier alpha value is -2.10. The lowest BCUT2D eigenvalue weighted by molar-refractivity contribution is -0.140. The number of ether oxygens (including phenoxy) is 2. The summed E-state index contributed by atoms with van der Waals surface area (Å²) in [5, 5.41) is 0. The summed E-state index contributed by atoms with van der Waals surface area (Å²) in [6, 6.07) is 0. The van der Waals surface area contributed by atoms with Crippen molar-refractivity contribution < 1.29 is 19.1 Å². The number of hydrogen-bond donors (Lipinski definition) is 0. The number of esters is 2. The molecule has 4 heteroatoms. The van der Waals surface area contributed by atoms with E-state index < -0.39 is 11.9 Å². The van der Waals surface area contributed by atoms with Gasteiger partial charge in [-0.3, -0.25) is 4.79 Å². The molecule has 4 nitrogen and oxygen atoms in total. The first-order chi connectivity index (χ1) is 7.11. The highest BCUT2D eigenvalue weighted by atomic mass is 16.5. The molecule has 0 aliphatic heterocycles. The Morgan fingerprint density at radius 1 is 1.07 bits per heavy atom. The Bertz CT molecular complexity index is 266. The van der Waals surface area contributed by atoms with Crippen molar-refractivity contribution in [1.82, 2.24) is 0 Å². The molecule has 0 atom stereocenters. The molecule has 0 heterocycles. The van der Waals surface area contributed by atoms with Gasteiger partial charge in [0, 0.05) is 5.57 Å². The van der Waals surface area contributed by atoms with Crippen LogP contribution in [0.1, 0.15) is 6.42 Å². The molecule has 0 fully saturated rings. The standard InChI is InChI=1S/C9H10O4.C2H4/c1-4-12-8(10)6-7(3)9(11)13-5-2;1-2/h4-5H,1-3,6H2;1-2H2. The molecule has 0 unspecified atom stereocenters. The molecule has 0 N–H and O–H groups in total. The van der Waals surface area contributed by atoms with Gasteiger partial charge < -0.3 is 9.47 Å². The van der Waals surface area contributed by atoms with Crippen molar-refractivity contribution in [2.75, 3.05) is 0 Å². The maximum atomic E-state index is 10.9. The number of rotatable bonds is 5. The Morgan fingerprint density at radius 3 is 1.93 bits per heavy atom. The minimum atomic E-state index is -0.698. The molecule has 0 aliphatic rings. The molecule has 0 aromatic carbocycles. The van der Waals surface area contributed by atoms with Crippen LogP contribution in [0.15, 0.2) is 51.0 Å². The van der Waals surface area contributed by atoms with Gasteiger partial charge in [0.05, 0.1) is 18.9 Å². The van der Waals surface area contributed by atoms with E-state index in [1.165, 1.54) is 0 Å². The summed E-state index contributed by atoms with van der Waals surface area (Å²) in [5.41, 5.74) is 0.00625. The lowest BCUT2D eigenvalue weighted by Gasteiger charge is -2.01. The van der Waals surface area contributed by atoms with Crippen LogP contribution in [0, 0.1) is 0 Å². The second kappa shape index (κ2) is 9.98. The fourth-order valence-electron chi connectivity index (χ4n) is 0.540. The quantitative estimate of drug-likeness (QED) is 0.302. The highest BCUT2D eigenvalue weighted by molar-refractivity contribution is 5.93.